The summed E-state index contributed by atoms with van der Waals surface area (Å²) >= 11 is 1.40. The van der Waals surface area contributed by atoms with Crippen molar-refractivity contribution in [2.45, 2.75) is 38.9 Å². The van der Waals surface area contributed by atoms with Crippen LogP contribution in [0.15, 0.2) is 32.9 Å². The van der Waals surface area contributed by atoms with Crippen LogP contribution in [0.2, 0.25) is 0 Å². The predicted molar refractivity (Wildman–Crippen MR) is 116 cm³/mol. The first-order valence-corrected chi connectivity index (χ1v) is 10.4. The van der Waals surface area contributed by atoms with Gasteiger partial charge in [0.25, 0.3) is 5.56 Å². The summed E-state index contributed by atoms with van der Waals surface area (Å²) in [7, 11) is 3.07. The molecule has 0 atom stereocenters. The van der Waals surface area contributed by atoms with Crippen molar-refractivity contribution in [2.75, 3.05) is 11.1 Å². The van der Waals surface area contributed by atoms with Crippen molar-refractivity contribution in [1.82, 2.24) is 18.7 Å². The molecule has 9 heteroatoms. The van der Waals surface area contributed by atoms with E-state index in [9.17, 15) is 14.4 Å². The number of aryl methyl sites for hydroxylation is 4. The zero-order valence-corrected chi connectivity index (χ0v) is 18.1. The van der Waals surface area contributed by atoms with Gasteiger partial charge >= 0.3 is 5.69 Å². The first kappa shape index (κ1) is 20.9. The number of hydrogen-bond donors (Lipinski definition) is 1. The van der Waals surface area contributed by atoms with Crippen molar-refractivity contribution in [3.05, 3.63) is 50.2 Å². The Morgan fingerprint density at radius 2 is 1.90 bits per heavy atom. The van der Waals surface area contributed by atoms with E-state index >= 15 is 0 Å². The minimum atomic E-state index is -0.412. The number of aromatic nitrogens is 4. The quantitative estimate of drug-likeness (QED) is 0.623. The van der Waals surface area contributed by atoms with E-state index in [1.54, 1.807) is 7.05 Å². The summed E-state index contributed by atoms with van der Waals surface area (Å²) in [5.74, 6) is 0.431. The van der Waals surface area contributed by atoms with E-state index in [2.05, 4.69) is 10.3 Å². The van der Waals surface area contributed by atoms with Gasteiger partial charge in [0.15, 0.2) is 16.3 Å². The predicted octanol–water partition coefficient (Wildman–Crippen LogP) is 2.19. The van der Waals surface area contributed by atoms with Crippen molar-refractivity contribution in [1.29, 1.82) is 0 Å². The third-order valence-electron chi connectivity index (χ3n) is 4.84. The Hall–Kier alpha value is -2.81. The van der Waals surface area contributed by atoms with Crippen LogP contribution in [0.3, 0.4) is 0 Å². The molecule has 0 fully saturated rings. The van der Waals surface area contributed by atoms with E-state index in [1.807, 2.05) is 43.5 Å². The smallest absolute Gasteiger partial charge is 0.326 e. The summed E-state index contributed by atoms with van der Waals surface area (Å²) in [6.45, 7) is 6.47. The molecule has 0 aliphatic carbocycles. The van der Waals surface area contributed by atoms with Crippen LogP contribution in [0, 0.1) is 13.8 Å². The van der Waals surface area contributed by atoms with Crippen LogP contribution < -0.4 is 16.6 Å². The van der Waals surface area contributed by atoms with Crippen LogP contribution in [0.25, 0.3) is 11.2 Å². The molecule has 2 heterocycles. The maximum Gasteiger partial charge on any atom is 0.332 e. The average molecular weight is 416 g/mol. The van der Waals surface area contributed by atoms with E-state index in [0.29, 0.717) is 29.5 Å². The van der Waals surface area contributed by atoms with Gasteiger partial charge in [0.05, 0.1) is 0 Å². The number of carbonyl (C=O) groups excluding carboxylic acids is 1. The molecular weight excluding hydrogens is 390 g/mol. The highest BCUT2D eigenvalue weighted by Crippen LogP contribution is 2.23. The first-order chi connectivity index (χ1) is 13.7. The molecule has 0 spiro atoms. The highest BCUT2D eigenvalue weighted by Gasteiger charge is 2.18. The summed E-state index contributed by atoms with van der Waals surface area (Å²) < 4.78 is 4.33. The van der Waals surface area contributed by atoms with Crippen molar-refractivity contribution < 1.29 is 4.79 Å². The molecule has 2 aromatic heterocycles. The molecule has 154 valence electrons. The Morgan fingerprint density at radius 3 is 2.55 bits per heavy atom. The number of benzene rings is 1. The lowest BCUT2D eigenvalue weighted by atomic mass is 10.1. The fraction of sp³-hybridized carbons (Fsp3) is 0.400. The Morgan fingerprint density at radius 1 is 1.17 bits per heavy atom. The Kier molecular flexibility index (Phi) is 5.97. The lowest BCUT2D eigenvalue weighted by Gasteiger charge is -2.10. The first-order valence-electron chi connectivity index (χ1n) is 9.40. The van der Waals surface area contributed by atoms with Gasteiger partial charge in [-0.15, -0.1) is 0 Å². The second kappa shape index (κ2) is 8.28. The number of nitrogens with one attached hydrogen (secondary N) is 1. The molecular formula is C20H25N5O3S. The maximum absolute atomic E-state index is 12.4. The molecule has 0 radical (unpaired) electrons. The fourth-order valence-electron chi connectivity index (χ4n) is 3.27. The summed E-state index contributed by atoms with van der Waals surface area (Å²) in [6.07, 6.45) is 0.307. The highest BCUT2D eigenvalue weighted by atomic mass is 32.2. The molecule has 0 unspecified atom stereocenters. The van der Waals surface area contributed by atoms with Gasteiger partial charge in [-0.25, -0.2) is 9.78 Å². The number of hydrogen-bond acceptors (Lipinski definition) is 5. The maximum atomic E-state index is 12.4. The molecule has 29 heavy (non-hydrogen) atoms. The van der Waals surface area contributed by atoms with E-state index in [0.717, 1.165) is 21.4 Å². The average Bonchev–Trinajstić information content (AvgIpc) is 3.05. The molecule has 1 amide bonds. The lowest BCUT2D eigenvalue weighted by Crippen LogP contribution is -2.37. The summed E-state index contributed by atoms with van der Waals surface area (Å²) in [4.78, 5) is 41.4. The van der Waals surface area contributed by atoms with E-state index in [4.69, 9.17) is 0 Å². The topological polar surface area (TPSA) is 90.9 Å². The number of amides is 1. The minimum absolute atomic E-state index is 0.0769. The van der Waals surface area contributed by atoms with Crippen LogP contribution >= 0.6 is 11.8 Å². The molecule has 0 saturated heterocycles. The molecule has 0 saturated carbocycles. The number of imidazole rings is 1. The van der Waals surface area contributed by atoms with Crippen molar-refractivity contribution in [3.63, 3.8) is 0 Å². The molecule has 0 bridgehead atoms. The molecule has 0 aliphatic rings. The zero-order valence-electron chi connectivity index (χ0n) is 17.3. The third kappa shape index (κ3) is 4.00. The standard InChI is InChI=1S/C20H25N5O3S/c1-6-25-17-16(18(27)24(5)20(28)23(17)4)22-19(25)29-10-9-15(26)21-14-8-7-12(2)11-13(14)3/h7-8,11H,6,9-10H2,1-5H3,(H,21,26). The van der Waals surface area contributed by atoms with Crippen molar-refractivity contribution >= 4 is 34.5 Å². The number of thioether (sulfide) groups is 1. The second-order valence-corrected chi connectivity index (χ2v) is 8.04. The largest absolute Gasteiger partial charge is 0.332 e. The Labute approximate surface area is 172 Å². The van der Waals surface area contributed by atoms with Gasteiger partial charge in [0.1, 0.15) is 0 Å². The molecule has 3 rings (SSSR count). The van der Waals surface area contributed by atoms with Gasteiger partial charge in [-0.2, -0.15) is 0 Å². The SMILES string of the molecule is CCn1c(SCCC(=O)Nc2ccc(C)cc2C)nc2c(=O)n(C)c(=O)n(C)c21. The van der Waals surface area contributed by atoms with Crippen molar-refractivity contribution in [2.24, 2.45) is 14.1 Å². The van der Waals surface area contributed by atoms with Crippen LogP contribution in [-0.4, -0.2) is 30.3 Å². The van der Waals surface area contributed by atoms with Gasteiger partial charge in [-0.1, -0.05) is 29.5 Å². The van der Waals surface area contributed by atoms with Crippen LogP contribution in [-0.2, 0) is 25.4 Å². The van der Waals surface area contributed by atoms with Gasteiger partial charge in [-0.05, 0) is 32.4 Å². The normalized spacial score (nSPS) is 11.2. The van der Waals surface area contributed by atoms with Gasteiger partial charge in [0, 0.05) is 38.5 Å². The third-order valence-corrected chi connectivity index (χ3v) is 5.82. The number of anilines is 1. The van der Waals surface area contributed by atoms with Crippen LogP contribution in [0.5, 0.6) is 0 Å². The van der Waals surface area contributed by atoms with Crippen molar-refractivity contribution in [3.8, 4) is 0 Å². The fourth-order valence-corrected chi connectivity index (χ4v) is 4.26. The molecule has 8 nitrogen and oxygen atoms in total. The summed E-state index contributed by atoms with van der Waals surface area (Å²) in [6, 6.07) is 5.90. The number of fused-ring (bicyclic) bond motifs is 1. The van der Waals surface area contributed by atoms with Crippen LogP contribution in [0.1, 0.15) is 24.5 Å². The Bertz CT molecular complexity index is 1210. The van der Waals surface area contributed by atoms with E-state index in [1.165, 1.54) is 23.4 Å². The second-order valence-electron chi connectivity index (χ2n) is 6.98. The molecule has 0 aliphatic heterocycles. The number of rotatable bonds is 6. The molecule has 1 N–H and O–H groups in total. The molecule has 3 aromatic rings. The monoisotopic (exact) mass is 415 g/mol. The zero-order chi connectivity index (χ0) is 21.3. The van der Waals surface area contributed by atoms with E-state index in [-0.39, 0.29) is 17.1 Å². The lowest BCUT2D eigenvalue weighted by molar-refractivity contribution is -0.115. The van der Waals surface area contributed by atoms with E-state index < -0.39 is 5.56 Å². The summed E-state index contributed by atoms with van der Waals surface area (Å²) in [5, 5.41) is 3.56. The van der Waals surface area contributed by atoms with Crippen LogP contribution in [0.4, 0.5) is 5.69 Å². The summed E-state index contributed by atoms with van der Waals surface area (Å²) in [5.41, 5.74) is 2.95. The van der Waals surface area contributed by atoms with Gasteiger partial charge < -0.3 is 9.88 Å². The number of carbonyl (C=O) groups is 1. The van der Waals surface area contributed by atoms with Gasteiger partial charge in [-0.3, -0.25) is 18.7 Å². The minimum Gasteiger partial charge on any atom is -0.326 e. The molecule has 1 aromatic carbocycles. The van der Waals surface area contributed by atoms with Gasteiger partial charge in [0.2, 0.25) is 5.91 Å². The number of nitrogens with zero attached hydrogens (tertiary/aromatic N) is 4. The Balaban J connectivity index is 1.76. The highest BCUT2D eigenvalue weighted by molar-refractivity contribution is 7.99.